The first-order chi connectivity index (χ1) is 52.8. The van der Waals surface area contributed by atoms with E-state index in [4.69, 9.17) is 21.4 Å². The van der Waals surface area contributed by atoms with Crippen molar-refractivity contribution in [3.63, 3.8) is 0 Å². The Balaban J connectivity index is 0.00000305. The van der Waals surface area contributed by atoms with E-state index >= 15 is 9.59 Å². The number of likely N-dealkylation sites (tertiary alicyclic amines) is 2. The number of amides is 11. The molecule has 3 heterocycles. The number of benzene rings is 3. The van der Waals surface area contributed by atoms with Gasteiger partial charge in [-0.2, -0.15) is 13.2 Å². The number of phenols is 2. The number of phenolic OH excluding ortho intramolecular Hbond substituents is 2. The Labute approximate surface area is 646 Å². The fourth-order valence-electron chi connectivity index (χ4n) is 13.0. The first kappa shape index (κ1) is 92.1. The van der Waals surface area contributed by atoms with Gasteiger partial charge in [0.25, 0.3) is 0 Å². The van der Waals surface area contributed by atoms with Crippen molar-refractivity contribution >= 4 is 87.8 Å². The van der Waals surface area contributed by atoms with Gasteiger partial charge >= 0.3 is 18.1 Å². The number of aromatic hydroxyl groups is 2. The van der Waals surface area contributed by atoms with Gasteiger partial charge in [0.05, 0.1) is 19.3 Å². The standard InChI is InChI=1S/C74H108N14O17.C2HF3O2/c1-40(2)31-52(64(94)84-59(39-90)68(98)85-58(38-89)67(97)83-57(74(104)105)33-42(5)6)80-71(101)62(43(7)8)86-70(100)61-19-14-30-88(61)73(103)56(36-46-37-77-51-17-10-9-15-49(46)51)82-66(96)54(35-45-22-26-48(92)27-23-45)79-69(99)60-18-13-29-87(60)72(102)55(32-41(3)4)81-65(95)53(34-44-20-24-47(91)25-21-44)78-63(93)50(76)16-11-12-28-75;3-2(4,5)1(6)7/h9-10,15,17,20-27,37,40-43,50,52-62,77,89-92H,11-14,16,18-19,28-36,38-39,75-76H2,1-8H3,(H,78,93)(H,79,99)(H,80,101)(H,81,95)(H,82,96)(H,83,97)(H,84,94)(H,85,98)(H,86,100)(H,104,105);(H,6,7)/t50-,52-,53-,54-,55-,56-,57-,58-,59-,60-,61-,62-;/m0./s1. The topological polar surface area (TPSA) is 526 Å². The quantitative estimate of drug-likeness (QED) is 0.0275. The lowest BCUT2D eigenvalue weighted by Crippen LogP contribution is -2.62. The number of nitrogens with two attached hydrogens (primary N) is 2. The number of para-hydroxylation sites is 1. The van der Waals surface area contributed by atoms with Gasteiger partial charge in [-0.25, -0.2) is 9.59 Å². The van der Waals surface area contributed by atoms with Crippen LogP contribution in [0.4, 0.5) is 13.2 Å². The number of aliphatic hydroxyl groups excluding tert-OH is 2. The van der Waals surface area contributed by atoms with Crippen LogP contribution in [0.25, 0.3) is 10.9 Å². The smallest absolute Gasteiger partial charge is 0.490 e. The molecule has 1 aromatic heterocycles. The van der Waals surface area contributed by atoms with Gasteiger partial charge in [-0.3, -0.25) is 52.7 Å². The van der Waals surface area contributed by atoms with E-state index in [-0.39, 0.29) is 93.7 Å². The number of hydrogen-bond acceptors (Lipinski definition) is 19. The number of carboxylic acid groups (broad SMARTS) is 2. The van der Waals surface area contributed by atoms with Crippen molar-refractivity contribution in [2.75, 3.05) is 32.8 Å². The van der Waals surface area contributed by atoms with Gasteiger partial charge in [-0.05, 0) is 135 Å². The molecule has 0 unspecified atom stereocenters. The number of nitrogens with zero attached hydrogens (tertiary/aromatic N) is 2. The summed E-state index contributed by atoms with van der Waals surface area (Å²) in [6.45, 7) is 12.5. The number of unbranched alkanes of at least 4 members (excludes halogenated alkanes) is 1. The van der Waals surface area contributed by atoms with E-state index in [1.54, 1.807) is 78.1 Å². The van der Waals surface area contributed by atoms with Gasteiger partial charge in [0, 0.05) is 49.5 Å². The zero-order valence-electron chi connectivity index (χ0n) is 64.1. The largest absolute Gasteiger partial charge is 0.508 e. The minimum absolute atomic E-state index is 0.0138. The lowest BCUT2D eigenvalue weighted by atomic mass is 9.99. The van der Waals surface area contributed by atoms with Crippen molar-refractivity contribution in [2.45, 2.75) is 218 Å². The van der Waals surface area contributed by atoms with Gasteiger partial charge in [-0.1, -0.05) is 104 Å². The highest BCUT2D eigenvalue weighted by Gasteiger charge is 2.44. The number of aliphatic hydroxyl groups is 2. The zero-order chi connectivity index (χ0) is 83.4. The Morgan fingerprint density at radius 1 is 0.500 bits per heavy atom. The summed E-state index contributed by atoms with van der Waals surface area (Å²) in [6, 6.07) is 3.13. The molecule has 2 saturated heterocycles. The summed E-state index contributed by atoms with van der Waals surface area (Å²) >= 11 is 0. The first-order valence-electron chi connectivity index (χ1n) is 37.4. The Morgan fingerprint density at radius 3 is 1.37 bits per heavy atom. The summed E-state index contributed by atoms with van der Waals surface area (Å²) in [5.74, 6) is -14.2. The highest BCUT2D eigenvalue weighted by atomic mass is 19.4. The number of halogens is 3. The Morgan fingerprint density at radius 2 is 0.902 bits per heavy atom. The molecule has 2 aliphatic heterocycles. The minimum Gasteiger partial charge on any atom is -0.508 e. The van der Waals surface area contributed by atoms with E-state index in [1.165, 1.54) is 34.1 Å². The molecule has 6 rings (SSSR count). The van der Waals surface area contributed by atoms with E-state index in [9.17, 15) is 86.6 Å². The molecule has 0 spiro atoms. The molecule has 0 saturated carbocycles. The fourth-order valence-corrected chi connectivity index (χ4v) is 13.0. The molecule has 2 fully saturated rings. The Bertz CT molecular complexity index is 3860. The molecule has 33 nitrogen and oxygen atoms in total. The molecule has 20 N–H and O–H groups in total. The van der Waals surface area contributed by atoms with Gasteiger partial charge in [-0.15, -0.1) is 0 Å². The van der Waals surface area contributed by atoms with Crippen molar-refractivity contribution in [1.29, 1.82) is 0 Å². The summed E-state index contributed by atoms with van der Waals surface area (Å²) in [7, 11) is 0. The summed E-state index contributed by atoms with van der Waals surface area (Å²) in [4.78, 5) is 185. The molecule has 0 aliphatic carbocycles. The second kappa shape index (κ2) is 44.0. The number of carbonyl (C=O) groups excluding carboxylic acids is 11. The molecule has 2 aliphatic rings. The SMILES string of the molecule is CC(C)C[C@H](NC(=O)[C@H](CO)NC(=O)[C@H](CO)NC(=O)[C@H](CC(C)C)NC(=O)[C@@H](NC(=O)[C@@H]1CCCN1C(=O)[C@H](Cc1c[nH]c2ccccc12)NC(=O)[C@H](Cc1ccc(O)cc1)NC(=O)[C@@H]1CCCN1C(=O)[C@H](CC(C)C)NC(=O)[C@H](Cc1ccc(O)cc1)NC(=O)[C@@H](N)CCCCN)C(C)C)C(=O)O.O=C(O)C(F)(F)F. The molecule has 11 amide bonds. The van der Waals surface area contributed by atoms with Crippen LogP contribution in [0, 0.1) is 23.7 Å². The van der Waals surface area contributed by atoms with Crippen LogP contribution in [0.3, 0.4) is 0 Å². The number of carboxylic acids is 2. The van der Waals surface area contributed by atoms with Crippen molar-refractivity contribution < 1.29 is 106 Å². The second-order valence-corrected chi connectivity index (χ2v) is 29.7. The van der Waals surface area contributed by atoms with Crippen molar-refractivity contribution in [3.05, 3.63) is 95.7 Å². The maximum absolute atomic E-state index is 15.4. The van der Waals surface area contributed by atoms with Crippen LogP contribution in [0.2, 0.25) is 0 Å². The van der Waals surface area contributed by atoms with Crippen LogP contribution in [-0.2, 0) is 81.6 Å². The lowest BCUT2D eigenvalue weighted by molar-refractivity contribution is -0.192. The minimum atomic E-state index is -5.08. The number of hydrogen-bond donors (Lipinski definition) is 18. The molecular formula is C76H109F3N14O19. The fraction of sp³-hybridized carbons (Fsp3) is 0.566. The second-order valence-electron chi connectivity index (χ2n) is 29.7. The van der Waals surface area contributed by atoms with Gasteiger partial charge in [0.15, 0.2) is 0 Å². The number of aromatic nitrogens is 1. The molecular weight excluding hydrogens is 1470 g/mol. The summed E-state index contributed by atoms with van der Waals surface area (Å²) in [5.41, 5.74) is 14.3. The average Bonchev–Trinajstić information content (AvgIpc) is 1.42. The molecule has 3 aromatic carbocycles. The predicted molar refractivity (Wildman–Crippen MR) is 402 cm³/mol. The number of nitrogens with one attached hydrogen (secondary N) is 10. The van der Waals surface area contributed by atoms with E-state index in [2.05, 4.69) is 52.8 Å². The van der Waals surface area contributed by atoms with Gasteiger partial charge in [0.2, 0.25) is 65.0 Å². The van der Waals surface area contributed by atoms with Crippen LogP contribution >= 0.6 is 0 Å². The number of alkyl halides is 3. The third-order valence-corrected chi connectivity index (χ3v) is 18.8. The summed E-state index contributed by atoms with van der Waals surface area (Å²) < 4.78 is 31.7. The first-order valence-corrected chi connectivity index (χ1v) is 37.4. The molecule has 618 valence electrons. The molecule has 0 bridgehead atoms. The summed E-state index contributed by atoms with van der Waals surface area (Å²) in [5, 5.41) is 81.8. The Hall–Kier alpha value is -10.5. The van der Waals surface area contributed by atoms with Crippen molar-refractivity contribution in [1.82, 2.24) is 62.6 Å². The number of carbonyl (C=O) groups is 13. The average molecular weight is 1580 g/mol. The van der Waals surface area contributed by atoms with Crippen molar-refractivity contribution in [3.8, 4) is 11.5 Å². The van der Waals surface area contributed by atoms with Crippen molar-refractivity contribution in [2.24, 2.45) is 35.1 Å². The van der Waals surface area contributed by atoms with E-state index in [1.807, 2.05) is 32.0 Å². The van der Waals surface area contributed by atoms with Crippen LogP contribution in [0.1, 0.15) is 136 Å². The molecule has 112 heavy (non-hydrogen) atoms. The third kappa shape index (κ3) is 28.4. The third-order valence-electron chi connectivity index (χ3n) is 18.8. The number of H-pyrrole nitrogens is 1. The molecule has 36 heteroatoms. The van der Waals surface area contributed by atoms with Crippen LogP contribution in [0.15, 0.2) is 79.0 Å². The predicted octanol–water partition coefficient (Wildman–Crippen LogP) is 0.905. The normalized spacial score (nSPS) is 16.9. The van der Waals surface area contributed by atoms with Gasteiger partial charge < -0.3 is 105 Å². The highest BCUT2D eigenvalue weighted by Crippen LogP contribution is 2.27. The molecule has 0 radical (unpaired) electrons. The lowest BCUT2D eigenvalue weighted by Gasteiger charge is -2.32. The number of rotatable bonds is 40. The van der Waals surface area contributed by atoms with Crippen LogP contribution in [0.5, 0.6) is 11.5 Å². The van der Waals surface area contributed by atoms with Crippen LogP contribution < -0.4 is 59.3 Å². The van der Waals surface area contributed by atoms with Crippen LogP contribution in [-0.4, -0.2) is 234 Å². The van der Waals surface area contributed by atoms with E-state index in [0.717, 1.165) is 10.9 Å². The maximum atomic E-state index is 15.4. The number of aromatic amines is 1. The summed E-state index contributed by atoms with van der Waals surface area (Å²) in [6.07, 6.45) is -1.15. The number of aliphatic carboxylic acids is 2. The maximum Gasteiger partial charge on any atom is 0.490 e. The zero-order valence-corrected chi connectivity index (χ0v) is 64.1. The highest BCUT2D eigenvalue weighted by molar-refractivity contribution is 6.00. The number of fused-ring (bicyclic) bond motifs is 1. The van der Waals surface area contributed by atoms with E-state index < -0.39 is 175 Å². The van der Waals surface area contributed by atoms with E-state index in [0.29, 0.717) is 55.3 Å². The molecule has 4 aromatic rings. The van der Waals surface area contributed by atoms with Gasteiger partial charge in [0.1, 0.15) is 78.0 Å². The molecule has 12 atom stereocenters. The monoisotopic (exact) mass is 1580 g/mol. The Kier molecular flexibility index (Phi) is 36.2.